The van der Waals surface area contributed by atoms with Gasteiger partial charge in [-0.25, -0.2) is 22.6 Å². The standard InChI is InChI=1S/C16H10F3N3O3/c1-25-10-4-2-8(3-5-10)15-14(16(23)24)20-21-22(15)9-6-11(17)13(19)12(18)7-9/h2-7H,1H3,(H,23,24). The van der Waals surface area contributed by atoms with E-state index >= 15 is 0 Å². The minimum absolute atomic E-state index is 0.0134. The van der Waals surface area contributed by atoms with Crippen molar-refractivity contribution < 1.29 is 27.8 Å². The highest BCUT2D eigenvalue weighted by Crippen LogP contribution is 2.28. The van der Waals surface area contributed by atoms with E-state index in [2.05, 4.69) is 10.3 Å². The summed E-state index contributed by atoms with van der Waals surface area (Å²) in [6.07, 6.45) is 0. The maximum atomic E-state index is 13.5. The molecular formula is C16H10F3N3O3. The zero-order valence-corrected chi connectivity index (χ0v) is 12.7. The third kappa shape index (κ3) is 2.91. The second kappa shape index (κ2) is 6.27. The molecule has 0 aliphatic heterocycles. The first-order valence-corrected chi connectivity index (χ1v) is 6.90. The Labute approximate surface area is 139 Å². The summed E-state index contributed by atoms with van der Waals surface area (Å²) in [6, 6.07) is 7.62. The number of carboxylic acids is 1. The van der Waals surface area contributed by atoms with Crippen molar-refractivity contribution in [1.29, 1.82) is 0 Å². The monoisotopic (exact) mass is 349 g/mol. The van der Waals surface area contributed by atoms with Gasteiger partial charge in [0.25, 0.3) is 0 Å². The molecule has 1 N–H and O–H groups in total. The first kappa shape index (κ1) is 16.5. The van der Waals surface area contributed by atoms with Crippen LogP contribution in [0.2, 0.25) is 0 Å². The molecule has 2 aromatic carbocycles. The summed E-state index contributed by atoms with van der Waals surface area (Å²) >= 11 is 0. The Balaban J connectivity index is 2.23. The molecule has 0 radical (unpaired) electrons. The van der Waals surface area contributed by atoms with E-state index in [9.17, 15) is 23.1 Å². The summed E-state index contributed by atoms with van der Waals surface area (Å²) in [5, 5.41) is 16.5. The van der Waals surface area contributed by atoms with Gasteiger partial charge in [0.15, 0.2) is 23.1 Å². The molecule has 6 nitrogen and oxygen atoms in total. The van der Waals surface area contributed by atoms with Crippen LogP contribution < -0.4 is 4.74 Å². The normalized spacial score (nSPS) is 10.7. The third-order valence-electron chi connectivity index (χ3n) is 3.45. The highest BCUT2D eigenvalue weighted by atomic mass is 19.2. The highest BCUT2D eigenvalue weighted by molar-refractivity contribution is 5.93. The summed E-state index contributed by atoms with van der Waals surface area (Å²) in [6.45, 7) is 0. The van der Waals surface area contributed by atoms with Crippen LogP contribution >= 0.6 is 0 Å². The van der Waals surface area contributed by atoms with Gasteiger partial charge in [0.05, 0.1) is 12.8 Å². The lowest BCUT2D eigenvalue weighted by Crippen LogP contribution is -2.05. The van der Waals surface area contributed by atoms with E-state index in [0.717, 1.165) is 4.68 Å². The molecule has 0 spiro atoms. The SMILES string of the molecule is COc1ccc(-c2c(C(=O)O)nnn2-c2cc(F)c(F)c(F)c2)cc1. The molecule has 9 heteroatoms. The minimum Gasteiger partial charge on any atom is -0.497 e. The second-order valence-electron chi connectivity index (χ2n) is 4.96. The summed E-state index contributed by atoms with van der Waals surface area (Å²) in [4.78, 5) is 11.4. The first-order chi connectivity index (χ1) is 11.9. The molecule has 0 aliphatic carbocycles. The minimum atomic E-state index is -1.63. The Morgan fingerprint density at radius 3 is 2.24 bits per heavy atom. The number of rotatable bonds is 4. The Morgan fingerprint density at radius 1 is 1.12 bits per heavy atom. The Hall–Kier alpha value is -3.36. The van der Waals surface area contributed by atoms with Crippen molar-refractivity contribution in [2.45, 2.75) is 0 Å². The molecule has 0 atom stereocenters. The molecule has 0 saturated heterocycles. The first-order valence-electron chi connectivity index (χ1n) is 6.90. The molecular weight excluding hydrogens is 339 g/mol. The summed E-state index contributed by atoms with van der Waals surface area (Å²) in [7, 11) is 1.47. The largest absolute Gasteiger partial charge is 0.497 e. The van der Waals surface area contributed by atoms with Crippen LogP contribution in [0.15, 0.2) is 36.4 Å². The molecule has 0 fully saturated rings. The summed E-state index contributed by atoms with van der Waals surface area (Å²) < 4.78 is 46.1. The number of halogens is 3. The quantitative estimate of drug-likeness (QED) is 0.733. The fourth-order valence-corrected chi connectivity index (χ4v) is 2.28. The maximum Gasteiger partial charge on any atom is 0.358 e. The number of aromatic nitrogens is 3. The molecule has 25 heavy (non-hydrogen) atoms. The van der Waals surface area contributed by atoms with Crippen LogP contribution in [-0.2, 0) is 0 Å². The molecule has 0 amide bonds. The van der Waals surface area contributed by atoms with Gasteiger partial charge in [-0.2, -0.15) is 0 Å². The van der Waals surface area contributed by atoms with Crippen molar-refractivity contribution in [1.82, 2.24) is 15.0 Å². The van der Waals surface area contributed by atoms with Gasteiger partial charge in [-0.1, -0.05) is 5.21 Å². The van der Waals surface area contributed by atoms with Crippen LogP contribution in [0.25, 0.3) is 16.9 Å². The number of ether oxygens (including phenoxy) is 1. The van der Waals surface area contributed by atoms with E-state index < -0.39 is 29.1 Å². The van der Waals surface area contributed by atoms with E-state index in [4.69, 9.17) is 4.74 Å². The lowest BCUT2D eigenvalue weighted by molar-refractivity contribution is 0.0691. The highest BCUT2D eigenvalue weighted by Gasteiger charge is 2.23. The van der Waals surface area contributed by atoms with Crippen LogP contribution in [0.1, 0.15) is 10.5 Å². The number of hydrogen-bond donors (Lipinski definition) is 1. The average molecular weight is 349 g/mol. The zero-order valence-electron chi connectivity index (χ0n) is 12.7. The number of carbonyl (C=O) groups is 1. The summed E-state index contributed by atoms with van der Waals surface area (Å²) in [5.74, 6) is -5.34. The maximum absolute atomic E-state index is 13.5. The topological polar surface area (TPSA) is 77.2 Å². The fraction of sp³-hybridized carbons (Fsp3) is 0.0625. The Kier molecular flexibility index (Phi) is 4.14. The second-order valence-corrected chi connectivity index (χ2v) is 4.96. The average Bonchev–Trinajstić information content (AvgIpc) is 3.04. The summed E-state index contributed by atoms with van der Waals surface area (Å²) in [5.41, 5.74) is -0.272. The molecule has 1 heterocycles. The Bertz CT molecular complexity index is 932. The lowest BCUT2D eigenvalue weighted by Gasteiger charge is -2.09. The molecule has 3 aromatic rings. The van der Waals surface area contributed by atoms with Gasteiger partial charge in [0, 0.05) is 17.7 Å². The number of carboxylic acid groups (broad SMARTS) is 1. The number of nitrogens with zero attached hydrogens (tertiary/aromatic N) is 3. The fourth-order valence-electron chi connectivity index (χ4n) is 2.28. The van der Waals surface area contributed by atoms with Crippen molar-refractivity contribution in [3.8, 4) is 22.7 Å². The van der Waals surface area contributed by atoms with Gasteiger partial charge >= 0.3 is 5.97 Å². The van der Waals surface area contributed by atoms with Crippen molar-refractivity contribution in [2.75, 3.05) is 7.11 Å². The van der Waals surface area contributed by atoms with Gasteiger partial charge in [0.2, 0.25) is 0 Å². The molecule has 0 saturated carbocycles. The van der Waals surface area contributed by atoms with Gasteiger partial charge < -0.3 is 9.84 Å². The van der Waals surface area contributed by atoms with E-state index in [1.54, 1.807) is 12.1 Å². The predicted molar refractivity (Wildman–Crippen MR) is 80.2 cm³/mol. The Morgan fingerprint density at radius 2 is 1.72 bits per heavy atom. The van der Waals surface area contributed by atoms with Crippen molar-refractivity contribution in [3.05, 3.63) is 59.5 Å². The molecule has 1 aromatic heterocycles. The predicted octanol–water partition coefficient (Wildman–Crippen LogP) is 3.06. The van der Waals surface area contributed by atoms with Gasteiger partial charge in [-0.3, -0.25) is 0 Å². The third-order valence-corrected chi connectivity index (χ3v) is 3.45. The van der Waals surface area contributed by atoms with Crippen molar-refractivity contribution in [3.63, 3.8) is 0 Å². The molecule has 128 valence electrons. The van der Waals surface area contributed by atoms with Crippen LogP contribution in [-0.4, -0.2) is 33.2 Å². The van der Waals surface area contributed by atoms with E-state index in [0.29, 0.717) is 23.4 Å². The van der Waals surface area contributed by atoms with Crippen molar-refractivity contribution >= 4 is 5.97 Å². The molecule has 0 bridgehead atoms. The van der Waals surface area contributed by atoms with E-state index in [-0.39, 0.29) is 11.4 Å². The van der Waals surface area contributed by atoms with Crippen LogP contribution in [0.5, 0.6) is 5.75 Å². The van der Waals surface area contributed by atoms with E-state index in [1.807, 2.05) is 0 Å². The number of hydrogen-bond acceptors (Lipinski definition) is 4. The van der Waals surface area contributed by atoms with Crippen molar-refractivity contribution in [2.24, 2.45) is 0 Å². The van der Waals surface area contributed by atoms with E-state index in [1.165, 1.54) is 19.2 Å². The zero-order chi connectivity index (χ0) is 18.1. The number of methoxy groups -OCH3 is 1. The van der Waals surface area contributed by atoms with Gasteiger partial charge in [-0.05, 0) is 24.3 Å². The van der Waals surface area contributed by atoms with Gasteiger partial charge in [0.1, 0.15) is 11.4 Å². The number of benzene rings is 2. The van der Waals surface area contributed by atoms with Crippen LogP contribution in [0.4, 0.5) is 13.2 Å². The molecule has 0 unspecified atom stereocenters. The van der Waals surface area contributed by atoms with Crippen LogP contribution in [0.3, 0.4) is 0 Å². The smallest absolute Gasteiger partial charge is 0.358 e. The van der Waals surface area contributed by atoms with Crippen LogP contribution in [0, 0.1) is 17.5 Å². The molecule has 3 rings (SSSR count). The molecule has 0 aliphatic rings. The van der Waals surface area contributed by atoms with Gasteiger partial charge in [-0.15, -0.1) is 5.10 Å². The lowest BCUT2D eigenvalue weighted by atomic mass is 10.1. The number of aromatic carboxylic acids is 1.